The molecule has 2 aliphatic rings. The zero-order valence-electron chi connectivity index (χ0n) is 21.7. The summed E-state index contributed by atoms with van der Waals surface area (Å²) in [4.78, 5) is 11.4. The first-order valence-electron chi connectivity index (χ1n) is 13.9. The Hall–Kier alpha value is -3.42. The number of nitrogen functional groups attached to an aromatic ring is 1. The Morgan fingerprint density at radius 3 is 2.35 bits per heavy atom. The largest absolute Gasteiger partial charge is 0.457 e. The summed E-state index contributed by atoms with van der Waals surface area (Å²) in [6.07, 6.45) is 9.02. The van der Waals surface area contributed by atoms with Crippen LogP contribution in [0.1, 0.15) is 38.6 Å². The highest BCUT2D eigenvalue weighted by atomic mass is 16.5. The van der Waals surface area contributed by atoms with Crippen LogP contribution in [0.3, 0.4) is 0 Å². The number of hydrogen-bond acceptors (Lipinski definition) is 3. The number of H-pyrrole nitrogens is 1. The lowest BCUT2D eigenvalue weighted by atomic mass is 9.89. The number of nitrogens with two attached hydrogens (primary N) is 1. The van der Waals surface area contributed by atoms with Gasteiger partial charge in [-0.3, -0.25) is 4.57 Å². The predicted octanol–water partition coefficient (Wildman–Crippen LogP) is 2.18. The molecule has 0 bridgehead atoms. The molecule has 0 radical (unpaired) electrons. The number of aromatic amines is 1. The monoisotopic (exact) mass is 499 g/mol. The number of rotatable bonds is 6. The van der Waals surface area contributed by atoms with Crippen LogP contribution in [0.5, 0.6) is 11.5 Å². The molecule has 0 unspecified atom stereocenters. The molecule has 0 spiro atoms. The maximum absolute atomic E-state index is 6.44. The summed E-state index contributed by atoms with van der Waals surface area (Å²) in [5, 5.41) is 1.01. The van der Waals surface area contributed by atoms with Crippen LogP contribution >= 0.6 is 0 Å². The Kier molecular flexibility index (Phi) is 6.81. The van der Waals surface area contributed by atoms with E-state index < -0.39 is 0 Å². The summed E-state index contributed by atoms with van der Waals surface area (Å²) in [6.45, 7) is 8.89. The van der Waals surface area contributed by atoms with Crippen molar-refractivity contribution in [1.29, 1.82) is 0 Å². The number of aromatic nitrogens is 3. The van der Waals surface area contributed by atoms with E-state index in [1.54, 1.807) is 11.2 Å². The summed E-state index contributed by atoms with van der Waals surface area (Å²) < 4.78 is 8.43. The molecular formula is C30H39N6O+3. The number of fused-ring (bicyclic) bond motifs is 1. The van der Waals surface area contributed by atoms with E-state index in [9.17, 15) is 0 Å². The van der Waals surface area contributed by atoms with E-state index in [2.05, 4.69) is 39.8 Å². The fraction of sp³-hybridized carbons (Fsp3) is 0.400. The second kappa shape index (κ2) is 10.5. The highest BCUT2D eigenvalue weighted by Gasteiger charge is 2.35. The number of nitrogens with one attached hydrogen (secondary N) is 3. The zero-order valence-corrected chi connectivity index (χ0v) is 21.7. The number of para-hydroxylation sites is 1. The number of anilines is 1. The van der Waals surface area contributed by atoms with Crippen LogP contribution in [0.25, 0.3) is 22.2 Å². The number of nitrogens with zero attached hydrogens (tertiary/aromatic N) is 2. The minimum absolute atomic E-state index is 0.480. The van der Waals surface area contributed by atoms with Crippen molar-refractivity contribution in [3.8, 4) is 22.6 Å². The molecule has 2 fully saturated rings. The van der Waals surface area contributed by atoms with Gasteiger partial charge in [0.05, 0.1) is 24.8 Å². The molecule has 1 saturated heterocycles. The average molecular weight is 500 g/mol. The molecule has 2 aromatic heterocycles. The molecule has 7 nitrogen and oxygen atoms in total. The average Bonchev–Trinajstić information content (AvgIpc) is 3.35. The van der Waals surface area contributed by atoms with Crippen LogP contribution in [0, 0.1) is 0 Å². The minimum atomic E-state index is 0.480. The molecule has 4 aromatic rings. The van der Waals surface area contributed by atoms with Gasteiger partial charge in [-0.2, -0.15) is 0 Å². The number of ether oxygens (including phenoxy) is 1. The fourth-order valence-electron chi connectivity index (χ4n) is 6.44. The second-order valence-electron chi connectivity index (χ2n) is 10.7. The van der Waals surface area contributed by atoms with Gasteiger partial charge in [-0.25, -0.2) is 4.98 Å². The first-order chi connectivity index (χ1) is 18.2. The zero-order chi connectivity index (χ0) is 25.2. The summed E-state index contributed by atoms with van der Waals surface area (Å²) in [5.74, 6) is 2.22. The van der Waals surface area contributed by atoms with E-state index in [4.69, 9.17) is 10.5 Å². The van der Waals surface area contributed by atoms with E-state index in [0.717, 1.165) is 39.7 Å². The molecule has 7 heteroatoms. The molecule has 0 amide bonds. The normalized spacial score (nSPS) is 24.2. The lowest BCUT2D eigenvalue weighted by molar-refractivity contribution is -1.02. The minimum Gasteiger partial charge on any atom is -0.457 e. The Balaban J connectivity index is 1.21. The van der Waals surface area contributed by atoms with Gasteiger partial charge in [0.15, 0.2) is 0 Å². The van der Waals surface area contributed by atoms with Crippen LogP contribution in [-0.2, 0) is 0 Å². The topological polar surface area (TPSA) is 76.1 Å². The third kappa shape index (κ3) is 4.93. The van der Waals surface area contributed by atoms with Crippen LogP contribution in [-0.4, -0.2) is 48.3 Å². The van der Waals surface area contributed by atoms with Crippen molar-refractivity contribution in [3.05, 3.63) is 67.1 Å². The van der Waals surface area contributed by atoms with Crippen molar-refractivity contribution in [2.24, 2.45) is 0 Å². The van der Waals surface area contributed by atoms with Crippen LogP contribution in [0.15, 0.2) is 67.1 Å². The third-order valence-electron chi connectivity index (χ3n) is 8.60. The van der Waals surface area contributed by atoms with Gasteiger partial charge in [0, 0.05) is 18.4 Å². The van der Waals surface area contributed by atoms with E-state index in [0.29, 0.717) is 11.9 Å². The summed E-state index contributed by atoms with van der Waals surface area (Å²) in [7, 11) is 0. The molecule has 6 rings (SSSR count). The molecular weight excluding hydrogens is 460 g/mol. The lowest BCUT2D eigenvalue weighted by Gasteiger charge is -2.37. The van der Waals surface area contributed by atoms with Crippen LogP contribution in [0.4, 0.5) is 5.82 Å². The van der Waals surface area contributed by atoms with Gasteiger partial charge in [0.25, 0.3) is 0 Å². The number of piperazine rings is 1. The second-order valence-corrected chi connectivity index (χ2v) is 10.7. The first-order valence-corrected chi connectivity index (χ1v) is 13.9. The highest BCUT2D eigenvalue weighted by molar-refractivity contribution is 5.99. The van der Waals surface area contributed by atoms with Crippen molar-refractivity contribution >= 4 is 16.9 Å². The highest BCUT2D eigenvalue weighted by Crippen LogP contribution is 2.37. The van der Waals surface area contributed by atoms with Crippen molar-refractivity contribution < 1.29 is 19.5 Å². The van der Waals surface area contributed by atoms with Gasteiger partial charge < -0.3 is 20.3 Å². The molecule has 0 atom stereocenters. The van der Waals surface area contributed by atoms with Gasteiger partial charge in [0.1, 0.15) is 43.1 Å². The number of likely N-dealkylation sites (N-methyl/N-ethyl adjacent to an activating group) is 1. The Morgan fingerprint density at radius 1 is 0.946 bits per heavy atom. The lowest BCUT2D eigenvalue weighted by Crippen LogP contribution is -3.29. The van der Waals surface area contributed by atoms with Crippen LogP contribution < -0.4 is 25.3 Å². The standard InChI is InChI=1S/C30H36N6O/c1-2-34-16-18-35(19-17-34)23-10-12-24(13-11-23)36-20-27(28-29(31)32-21-33-30(28)36)22-8-14-26(15-9-22)37-25-6-4-3-5-7-25/h3-9,14-15,20-21,23-24H,2,10-13,16-19H2,1H3,(H2,31,32,33)/p+3. The van der Waals surface area contributed by atoms with Crippen molar-refractivity contribution in [3.63, 3.8) is 0 Å². The van der Waals surface area contributed by atoms with Crippen LogP contribution in [0.2, 0.25) is 0 Å². The molecule has 192 valence electrons. The number of hydrogen-bond donors (Lipinski definition) is 3. The Morgan fingerprint density at radius 2 is 1.65 bits per heavy atom. The maximum atomic E-state index is 6.44. The van der Waals surface area contributed by atoms with Crippen molar-refractivity contribution in [2.45, 2.75) is 44.7 Å². The Bertz CT molecular complexity index is 1320. The molecule has 37 heavy (non-hydrogen) atoms. The molecule has 3 heterocycles. The van der Waals surface area contributed by atoms with E-state index in [-0.39, 0.29) is 0 Å². The fourth-order valence-corrected chi connectivity index (χ4v) is 6.44. The summed E-state index contributed by atoms with van der Waals surface area (Å²) in [5.41, 5.74) is 9.75. The quantitative estimate of drug-likeness (QED) is 0.381. The summed E-state index contributed by atoms with van der Waals surface area (Å²) in [6, 6.07) is 19.4. The molecule has 1 aliphatic heterocycles. The van der Waals surface area contributed by atoms with Gasteiger partial charge >= 0.3 is 0 Å². The molecule has 1 saturated carbocycles. The Labute approximate surface area is 218 Å². The predicted molar refractivity (Wildman–Crippen MR) is 146 cm³/mol. The number of benzene rings is 2. The molecule has 1 aliphatic carbocycles. The molecule has 5 N–H and O–H groups in total. The third-order valence-corrected chi connectivity index (χ3v) is 8.60. The molecule has 2 aromatic carbocycles. The summed E-state index contributed by atoms with van der Waals surface area (Å²) >= 11 is 0. The smallest absolute Gasteiger partial charge is 0.239 e. The first kappa shape index (κ1) is 23.9. The SMILES string of the molecule is CC[NH+]1CC[NH+](C2CCC(n3cc(-c4ccc(Oc5ccccc5)cc4)c4c(N)nc[nH+]c43)CC2)CC1. The van der Waals surface area contributed by atoms with E-state index in [1.165, 1.54) is 58.4 Å². The number of quaternary nitrogens is 2. The van der Waals surface area contributed by atoms with E-state index >= 15 is 0 Å². The van der Waals surface area contributed by atoms with Gasteiger partial charge in [-0.15, -0.1) is 0 Å². The van der Waals surface area contributed by atoms with Gasteiger partial charge in [0.2, 0.25) is 17.8 Å². The van der Waals surface area contributed by atoms with Crippen molar-refractivity contribution in [1.82, 2.24) is 9.55 Å². The maximum Gasteiger partial charge on any atom is 0.239 e. The van der Waals surface area contributed by atoms with Gasteiger partial charge in [-0.05, 0) is 49.6 Å². The van der Waals surface area contributed by atoms with E-state index in [1.807, 2.05) is 47.4 Å². The van der Waals surface area contributed by atoms with Crippen molar-refractivity contribution in [2.75, 3.05) is 38.5 Å². The van der Waals surface area contributed by atoms with Gasteiger partial charge in [-0.1, -0.05) is 35.3 Å².